The molecule has 1 saturated heterocycles. The summed E-state index contributed by atoms with van der Waals surface area (Å²) in [5.74, 6) is 1.63. The lowest BCUT2D eigenvalue weighted by molar-refractivity contribution is 0.277. The van der Waals surface area contributed by atoms with E-state index in [0.717, 1.165) is 18.4 Å². The van der Waals surface area contributed by atoms with E-state index in [-0.39, 0.29) is 0 Å². The second-order valence-electron chi connectivity index (χ2n) is 6.54. The fraction of sp³-hybridized carbons (Fsp3) is 1.00. The average molecular weight is 287 g/mol. The molecule has 0 amide bonds. The Kier molecular flexibility index (Phi) is 7.78. The second kappa shape index (κ2) is 8.53. The Morgan fingerprint density at radius 1 is 1.32 bits per heavy atom. The van der Waals surface area contributed by atoms with Crippen molar-refractivity contribution in [2.75, 3.05) is 39.0 Å². The smallest absolute Gasteiger partial charge is 0.0279 e. The summed E-state index contributed by atoms with van der Waals surface area (Å²) in [6, 6.07) is 0. The SMILES string of the molecule is CCC(CC)(CN1CCC(CNCC(C)C)C1)SC. The van der Waals surface area contributed by atoms with Gasteiger partial charge in [0.1, 0.15) is 0 Å². The zero-order valence-corrected chi connectivity index (χ0v) is 14.5. The molecular formula is C16H34N2S. The van der Waals surface area contributed by atoms with Crippen LogP contribution in [0.3, 0.4) is 0 Å². The van der Waals surface area contributed by atoms with Crippen molar-refractivity contribution in [2.45, 2.75) is 51.7 Å². The topological polar surface area (TPSA) is 15.3 Å². The van der Waals surface area contributed by atoms with Crippen LogP contribution in [0.1, 0.15) is 47.0 Å². The highest BCUT2D eigenvalue weighted by molar-refractivity contribution is 8.00. The summed E-state index contributed by atoms with van der Waals surface area (Å²) in [6.07, 6.45) is 6.24. The predicted octanol–water partition coefficient (Wildman–Crippen LogP) is 3.48. The van der Waals surface area contributed by atoms with Crippen LogP contribution in [0, 0.1) is 11.8 Å². The molecule has 1 aliphatic rings. The maximum atomic E-state index is 3.62. The minimum Gasteiger partial charge on any atom is -0.316 e. The van der Waals surface area contributed by atoms with Gasteiger partial charge < -0.3 is 10.2 Å². The van der Waals surface area contributed by atoms with Gasteiger partial charge in [-0.25, -0.2) is 0 Å². The molecule has 1 aliphatic heterocycles. The number of likely N-dealkylation sites (tertiary alicyclic amines) is 1. The van der Waals surface area contributed by atoms with Crippen LogP contribution in [0.2, 0.25) is 0 Å². The molecule has 1 heterocycles. The minimum atomic E-state index is 0.486. The second-order valence-corrected chi connectivity index (χ2v) is 7.81. The van der Waals surface area contributed by atoms with Gasteiger partial charge in [0.2, 0.25) is 0 Å². The summed E-state index contributed by atoms with van der Waals surface area (Å²) in [7, 11) is 0. The molecule has 1 unspecified atom stereocenters. The van der Waals surface area contributed by atoms with Crippen LogP contribution in [-0.2, 0) is 0 Å². The van der Waals surface area contributed by atoms with Crippen molar-refractivity contribution in [1.29, 1.82) is 0 Å². The van der Waals surface area contributed by atoms with Crippen LogP contribution in [0.15, 0.2) is 0 Å². The molecule has 0 aromatic carbocycles. The Hall–Kier alpha value is 0.270. The van der Waals surface area contributed by atoms with Crippen molar-refractivity contribution in [1.82, 2.24) is 10.2 Å². The standard InChI is InChI=1S/C16H34N2S/c1-6-16(7-2,19-5)13-18-9-8-15(12-18)11-17-10-14(3)4/h14-15,17H,6-13H2,1-5H3. The van der Waals surface area contributed by atoms with E-state index in [4.69, 9.17) is 0 Å². The molecule has 0 aliphatic carbocycles. The summed E-state index contributed by atoms with van der Waals surface area (Å²) >= 11 is 2.07. The van der Waals surface area contributed by atoms with Crippen molar-refractivity contribution in [3.8, 4) is 0 Å². The van der Waals surface area contributed by atoms with Gasteiger partial charge in [-0.2, -0.15) is 11.8 Å². The number of hydrogen-bond acceptors (Lipinski definition) is 3. The van der Waals surface area contributed by atoms with Gasteiger partial charge in [-0.15, -0.1) is 0 Å². The van der Waals surface area contributed by atoms with Crippen molar-refractivity contribution in [3.63, 3.8) is 0 Å². The lowest BCUT2D eigenvalue weighted by Crippen LogP contribution is -2.39. The summed E-state index contributed by atoms with van der Waals surface area (Å²) in [5, 5.41) is 3.62. The van der Waals surface area contributed by atoms with Crippen molar-refractivity contribution >= 4 is 11.8 Å². The fourth-order valence-corrected chi connectivity index (χ4v) is 3.92. The maximum Gasteiger partial charge on any atom is 0.0279 e. The third-order valence-electron chi connectivity index (χ3n) is 4.59. The number of nitrogens with zero attached hydrogens (tertiary/aromatic N) is 1. The molecule has 0 bridgehead atoms. The van der Waals surface area contributed by atoms with E-state index in [2.05, 4.69) is 55.9 Å². The quantitative estimate of drug-likeness (QED) is 0.698. The molecule has 1 fully saturated rings. The van der Waals surface area contributed by atoms with E-state index in [1.807, 2.05) is 0 Å². The minimum absolute atomic E-state index is 0.486. The number of nitrogens with one attached hydrogen (secondary N) is 1. The van der Waals surface area contributed by atoms with Crippen LogP contribution in [0.25, 0.3) is 0 Å². The van der Waals surface area contributed by atoms with Crippen molar-refractivity contribution < 1.29 is 0 Å². The van der Waals surface area contributed by atoms with E-state index in [0.29, 0.717) is 4.75 Å². The number of hydrogen-bond donors (Lipinski definition) is 1. The van der Waals surface area contributed by atoms with Gasteiger partial charge in [0.05, 0.1) is 0 Å². The summed E-state index contributed by atoms with van der Waals surface area (Å²) in [4.78, 5) is 2.70. The first kappa shape index (κ1) is 17.3. The third-order valence-corrected chi connectivity index (χ3v) is 6.16. The molecule has 0 aromatic heterocycles. The lowest BCUT2D eigenvalue weighted by atomic mass is 10.0. The molecule has 0 aromatic rings. The molecule has 114 valence electrons. The highest BCUT2D eigenvalue weighted by atomic mass is 32.2. The molecule has 1 rings (SSSR count). The molecule has 0 radical (unpaired) electrons. The van der Waals surface area contributed by atoms with Crippen LogP contribution >= 0.6 is 11.8 Å². The predicted molar refractivity (Wildman–Crippen MR) is 89.1 cm³/mol. The third kappa shape index (κ3) is 5.65. The molecule has 19 heavy (non-hydrogen) atoms. The first-order valence-corrected chi connectivity index (χ1v) is 9.26. The molecule has 2 nitrogen and oxygen atoms in total. The maximum absolute atomic E-state index is 3.62. The van der Waals surface area contributed by atoms with Gasteiger partial charge in [-0.1, -0.05) is 27.7 Å². The molecule has 0 saturated carbocycles. The van der Waals surface area contributed by atoms with Crippen molar-refractivity contribution in [2.24, 2.45) is 11.8 Å². The van der Waals surface area contributed by atoms with Crippen LogP contribution in [0.4, 0.5) is 0 Å². The van der Waals surface area contributed by atoms with Crippen LogP contribution in [0.5, 0.6) is 0 Å². The van der Waals surface area contributed by atoms with Gasteiger partial charge in [-0.05, 0) is 57.0 Å². The first-order chi connectivity index (χ1) is 9.05. The van der Waals surface area contributed by atoms with E-state index in [9.17, 15) is 0 Å². The average Bonchev–Trinajstić information content (AvgIpc) is 2.83. The van der Waals surface area contributed by atoms with Gasteiger partial charge in [0, 0.05) is 17.8 Å². The molecule has 3 heteroatoms. The monoisotopic (exact) mass is 286 g/mol. The van der Waals surface area contributed by atoms with Gasteiger partial charge >= 0.3 is 0 Å². The van der Waals surface area contributed by atoms with Crippen LogP contribution < -0.4 is 5.32 Å². The number of thioether (sulfide) groups is 1. The fourth-order valence-electron chi connectivity index (χ4n) is 3.03. The van der Waals surface area contributed by atoms with E-state index in [1.54, 1.807) is 0 Å². The molecular weight excluding hydrogens is 252 g/mol. The Morgan fingerprint density at radius 3 is 2.53 bits per heavy atom. The molecule has 0 spiro atoms. The molecule has 1 N–H and O–H groups in total. The van der Waals surface area contributed by atoms with Crippen molar-refractivity contribution in [3.05, 3.63) is 0 Å². The van der Waals surface area contributed by atoms with Crippen LogP contribution in [-0.4, -0.2) is 48.6 Å². The van der Waals surface area contributed by atoms with Gasteiger partial charge in [0.25, 0.3) is 0 Å². The lowest BCUT2D eigenvalue weighted by Gasteiger charge is -2.34. The van der Waals surface area contributed by atoms with E-state index >= 15 is 0 Å². The largest absolute Gasteiger partial charge is 0.316 e. The Morgan fingerprint density at radius 2 is 2.00 bits per heavy atom. The zero-order valence-electron chi connectivity index (χ0n) is 13.7. The van der Waals surface area contributed by atoms with Gasteiger partial charge in [-0.3, -0.25) is 0 Å². The highest BCUT2D eigenvalue weighted by Gasteiger charge is 2.31. The zero-order chi connectivity index (χ0) is 14.3. The normalized spacial score (nSPS) is 21.5. The van der Waals surface area contributed by atoms with E-state index in [1.165, 1.54) is 45.4 Å². The van der Waals surface area contributed by atoms with Gasteiger partial charge in [0.15, 0.2) is 0 Å². The molecule has 1 atom stereocenters. The Labute approximate surface area is 125 Å². The summed E-state index contributed by atoms with van der Waals surface area (Å²) < 4.78 is 0.486. The highest BCUT2D eigenvalue weighted by Crippen LogP contribution is 2.33. The van der Waals surface area contributed by atoms with E-state index < -0.39 is 0 Å². The summed E-state index contributed by atoms with van der Waals surface area (Å²) in [5.41, 5.74) is 0. The first-order valence-electron chi connectivity index (χ1n) is 8.03. The Bertz CT molecular complexity index is 231. The number of rotatable bonds is 9. The Balaban J connectivity index is 2.31. The summed E-state index contributed by atoms with van der Waals surface area (Å²) in [6.45, 7) is 15.5.